The van der Waals surface area contributed by atoms with Gasteiger partial charge in [0.25, 0.3) is 0 Å². The van der Waals surface area contributed by atoms with E-state index in [1.165, 1.54) is 6.07 Å². The smallest absolute Gasteiger partial charge is 0.238 e. The van der Waals surface area contributed by atoms with Gasteiger partial charge in [-0.15, -0.1) is 0 Å². The van der Waals surface area contributed by atoms with Gasteiger partial charge in [-0.2, -0.15) is 0 Å². The highest BCUT2D eigenvalue weighted by atomic mass is 79.9. The number of amides is 2. The van der Waals surface area contributed by atoms with Gasteiger partial charge in [-0.3, -0.25) is 9.59 Å². The minimum Gasteiger partial charge on any atom is -0.348 e. The number of rotatable bonds is 2. The number of halogens is 2. The summed E-state index contributed by atoms with van der Waals surface area (Å²) in [6, 6.07) is 21.0. The molecule has 1 saturated heterocycles. The van der Waals surface area contributed by atoms with Crippen molar-refractivity contribution in [1.29, 1.82) is 0 Å². The van der Waals surface area contributed by atoms with Crippen molar-refractivity contribution < 1.29 is 14.0 Å². The first kappa shape index (κ1) is 19.9. The molecule has 0 aromatic heterocycles. The Kier molecular flexibility index (Phi) is 4.70. The van der Waals surface area contributed by atoms with Crippen LogP contribution >= 0.6 is 15.9 Å². The lowest BCUT2D eigenvalue weighted by Gasteiger charge is -2.49. The van der Waals surface area contributed by atoms with Crippen molar-refractivity contribution in [2.24, 2.45) is 5.92 Å². The van der Waals surface area contributed by atoms with E-state index < -0.39 is 29.1 Å². The van der Waals surface area contributed by atoms with Crippen molar-refractivity contribution in [2.45, 2.75) is 24.3 Å². The van der Waals surface area contributed by atoms with Gasteiger partial charge in [0.05, 0.1) is 6.04 Å². The van der Waals surface area contributed by atoms with Crippen LogP contribution in [0.3, 0.4) is 0 Å². The first-order valence-corrected chi connectivity index (χ1v) is 11.0. The van der Waals surface area contributed by atoms with Gasteiger partial charge in [-0.1, -0.05) is 77.5 Å². The largest absolute Gasteiger partial charge is 0.348 e. The Morgan fingerprint density at radius 1 is 0.935 bits per heavy atom. The summed E-state index contributed by atoms with van der Waals surface area (Å²) < 4.78 is 15.9. The highest BCUT2D eigenvalue weighted by Gasteiger charge is 2.63. The zero-order chi connectivity index (χ0) is 21.8. The molecule has 5 rings (SSSR count). The zero-order valence-electron chi connectivity index (χ0n) is 16.7. The zero-order valence-corrected chi connectivity index (χ0v) is 18.3. The molecule has 6 heteroatoms. The third-order valence-electron chi connectivity index (χ3n) is 6.59. The van der Waals surface area contributed by atoms with Crippen LogP contribution in [0, 0.1) is 11.7 Å². The van der Waals surface area contributed by atoms with Crippen LogP contribution in [0.5, 0.6) is 0 Å². The standard InChI is InChI=1S/C25H20BrFN2O2/c1-14-21(20-17(26)11-7-12-18(20)27)25(16-10-5-6-13-19(16)28-24(25)31)22(29-23(14)30)15-8-3-2-4-9-15/h2-14,21-22H,1H3,(H,28,31)(H,29,30)/t14-,21?,22+,25-/m1/s1. The molecule has 2 aliphatic heterocycles. The molecule has 3 aromatic rings. The summed E-state index contributed by atoms with van der Waals surface area (Å²) in [6.45, 7) is 1.76. The fourth-order valence-corrected chi connectivity index (χ4v) is 5.87. The highest BCUT2D eigenvalue weighted by molar-refractivity contribution is 9.10. The van der Waals surface area contributed by atoms with Crippen molar-refractivity contribution in [1.82, 2.24) is 5.32 Å². The SMILES string of the molecule is C[C@H]1C(=O)N[C@@H](c2ccccc2)[C@]2(C(=O)Nc3ccccc32)C1c1c(F)cccc1Br. The number of carbonyl (C=O) groups is 2. The second kappa shape index (κ2) is 7.31. The Morgan fingerprint density at radius 2 is 1.65 bits per heavy atom. The van der Waals surface area contributed by atoms with Gasteiger partial charge < -0.3 is 10.6 Å². The Bertz CT molecular complexity index is 1180. The van der Waals surface area contributed by atoms with Crippen LogP contribution in [-0.2, 0) is 15.0 Å². The molecule has 2 amide bonds. The van der Waals surface area contributed by atoms with E-state index >= 15 is 4.39 Å². The van der Waals surface area contributed by atoms with E-state index in [1.54, 1.807) is 19.1 Å². The molecule has 2 N–H and O–H groups in total. The van der Waals surface area contributed by atoms with E-state index in [9.17, 15) is 9.59 Å². The number of hydrogen-bond donors (Lipinski definition) is 2. The number of carbonyl (C=O) groups excluding carboxylic acids is 2. The first-order chi connectivity index (χ1) is 15.0. The minimum atomic E-state index is -1.21. The third-order valence-corrected chi connectivity index (χ3v) is 7.28. The first-order valence-electron chi connectivity index (χ1n) is 10.2. The van der Waals surface area contributed by atoms with E-state index in [0.29, 0.717) is 15.7 Å². The molecule has 2 aliphatic rings. The quantitative estimate of drug-likeness (QED) is 0.540. The van der Waals surface area contributed by atoms with Crippen LogP contribution in [0.2, 0.25) is 0 Å². The van der Waals surface area contributed by atoms with Crippen LogP contribution in [0.1, 0.15) is 35.6 Å². The number of nitrogens with one attached hydrogen (secondary N) is 2. The fourth-order valence-electron chi connectivity index (χ4n) is 5.29. The highest BCUT2D eigenvalue weighted by Crippen LogP contribution is 2.59. The summed E-state index contributed by atoms with van der Waals surface area (Å²) in [4.78, 5) is 27.0. The molecular formula is C25H20BrFN2O2. The average molecular weight is 479 g/mol. The predicted octanol–water partition coefficient (Wildman–Crippen LogP) is 5.07. The molecule has 156 valence electrons. The second-order valence-electron chi connectivity index (χ2n) is 8.12. The van der Waals surface area contributed by atoms with Gasteiger partial charge >= 0.3 is 0 Å². The number of anilines is 1. The lowest BCUT2D eigenvalue weighted by Crippen LogP contribution is -2.60. The van der Waals surface area contributed by atoms with E-state index in [-0.39, 0.29) is 11.8 Å². The lowest BCUT2D eigenvalue weighted by atomic mass is 9.56. The van der Waals surface area contributed by atoms with Crippen LogP contribution in [-0.4, -0.2) is 11.8 Å². The van der Waals surface area contributed by atoms with E-state index in [2.05, 4.69) is 26.6 Å². The number of piperidine rings is 1. The Labute approximate surface area is 188 Å². The molecule has 0 radical (unpaired) electrons. The van der Waals surface area contributed by atoms with Gasteiger partial charge in [-0.25, -0.2) is 4.39 Å². The summed E-state index contributed by atoms with van der Waals surface area (Å²) >= 11 is 3.49. The maximum atomic E-state index is 15.3. The summed E-state index contributed by atoms with van der Waals surface area (Å²) in [5, 5.41) is 6.09. The number of fused-ring (bicyclic) bond motifs is 2. The van der Waals surface area contributed by atoms with Crippen molar-refractivity contribution >= 4 is 33.4 Å². The minimum absolute atomic E-state index is 0.211. The molecule has 1 fully saturated rings. The van der Waals surface area contributed by atoms with Crippen LogP contribution < -0.4 is 10.6 Å². The summed E-state index contributed by atoms with van der Waals surface area (Å²) in [6.07, 6.45) is 0. The monoisotopic (exact) mass is 478 g/mol. The second-order valence-corrected chi connectivity index (χ2v) is 8.98. The molecule has 31 heavy (non-hydrogen) atoms. The molecule has 1 spiro atoms. The average Bonchev–Trinajstić information content (AvgIpc) is 3.06. The van der Waals surface area contributed by atoms with Gasteiger partial charge in [0, 0.05) is 27.6 Å². The molecule has 1 unspecified atom stereocenters. The topological polar surface area (TPSA) is 58.2 Å². The number of hydrogen-bond acceptors (Lipinski definition) is 2. The van der Waals surface area contributed by atoms with Gasteiger partial charge in [-0.05, 0) is 29.3 Å². The van der Waals surface area contributed by atoms with Crippen LogP contribution in [0.25, 0.3) is 0 Å². The third kappa shape index (κ3) is 2.78. The fraction of sp³-hybridized carbons (Fsp3) is 0.200. The van der Waals surface area contributed by atoms with E-state index in [0.717, 1.165) is 11.1 Å². The maximum absolute atomic E-state index is 15.3. The Morgan fingerprint density at radius 3 is 2.39 bits per heavy atom. The molecule has 0 bridgehead atoms. The molecule has 0 saturated carbocycles. The van der Waals surface area contributed by atoms with Crippen molar-refractivity contribution in [3.05, 3.63) is 99.8 Å². The molecule has 3 aromatic carbocycles. The van der Waals surface area contributed by atoms with Crippen LogP contribution in [0.4, 0.5) is 10.1 Å². The molecule has 4 atom stereocenters. The summed E-state index contributed by atoms with van der Waals surface area (Å²) in [5.41, 5.74) is 1.38. The summed E-state index contributed by atoms with van der Waals surface area (Å²) in [7, 11) is 0. The molecule has 4 nitrogen and oxygen atoms in total. The summed E-state index contributed by atoms with van der Waals surface area (Å²) in [5.74, 6) is -2.24. The molecule has 0 aliphatic carbocycles. The van der Waals surface area contributed by atoms with E-state index in [4.69, 9.17) is 0 Å². The van der Waals surface area contributed by atoms with Gasteiger partial charge in [0.1, 0.15) is 11.2 Å². The van der Waals surface area contributed by atoms with Crippen LogP contribution in [0.15, 0.2) is 77.3 Å². The molecule has 2 heterocycles. The predicted molar refractivity (Wildman–Crippen MR) is 120 cm³/mol. The maximum Gasteiger partial charge on any atom is 0.238 e. The van der Waals surface area contributed by atoms with Crippen molar-refractivity contribution in [3.8, 4) is 0 Å². The van der Waals surface area contributed by atoms with E-state index in [1.807, 2.05) is 54.6 Å². The van der Waals surface area contributed by atoms with Crippen molar-refractivity contribution in [3.63, 3.8) is 0 Å². The lowest BCUT2D eigenvalue weighted by molar-refractivity contribution is -0.135. The van der Waals surface area contributed by atoms with Gasteiger partial charge in [0.15, 0.2) is 0 Å². The molecular weight excluding hydrogens is 459 g/mol. The normalized spacial score (nSPS) is 27.0. The Balaban J connectivity index is 1.88. The van der Waals surface area contributed by atoms with Gasteiger partial charge in [0.2, 0.25) is 11.8 Å². The Hall–Kier alpha value is -2.99. The van der Waals surface area contributed by atoms with Crippen molar-refractivity contribution in [2.75, 3.05) is 5.32 Å². The number of benzene rings is 3. The number of para-hydroxylation sites is 1.